The van der Waals surface area contributed by atoms with E-state index in [1.807, 2.05) is 48.5 Å². The van der Waals surface area contributed by atoms with Crippen LogP contribution in [0.2, 0.25) is 0 Å². The van der Waals surface area contributed by atoms with Crippen molar-refractivity contribution >= 4 is 35.1 Å². The quantitative estimate of drug-likeness (QED) is 0.786. The number of imide groups is 1. The van der Waals surface area contributed by atoms with Gasteiger partial charge in [0, 0.05) is 10.4 Å². The molecule has 0 bridgehead atoms. The zero-order valence-corrected chi connectivity index (χ0v) is 15.5. The molecule has 2 aromatic rings. The highest BCUT2D eigenvalue weighted by atomic mass is 32.2. The van der Waals surface area contributed by atoms with Gasteiger partial charge in [-0.1, -0.05) is 57.2 Å². The van der Waals surface area contributed by atoms with Crippen LogP contribution >= 0.6 is 11.8 Å². The van der Waals surface area contributed by atoms with E-state index in [-0.39, 0.29) is 28.5 Å². The lowest BCUT2D eigenvalue weighted by molar-refractivity contribution is -0.118. The Balaban J connectivity index is 2.01. The number of rotatable bonds is 3. The lowest BCUT2D eigenvalue weighted by Gasteiger charge is -2.41. The number of para-hydroxylation sites is 2. The van der Waals surface area contributed by atoms with Gasteiger partial charge in [0.25, 0.3) is 0 Å². The molecule has 4 nitrogen and oxygen atoms in total. The number of anilines is 2. The average molecular weight is 354 g/mol. The molecule has 0 aliphatic carbocycles. The molecule has 0 saturated carbocycles. The van der Waals surface area contributed by atoms with E-state index < -0.39 is 0 Å². The lowest BCUT2D eigenvalue weighted by atomic mass is 10.2. The van der Waals surface area contributed by atoms with Crippen molar-refractivity contribution in [2.24, 2.45) is 0 Å². The summed E-state index contributed by atoms with van der Waals surface area (Å²) in [7, 11) is 0. The molecular formula is C20H22N2O2S. The minimum Gasteiger partial charge on any atom is -0.281 e. The van der Waals surface area contributed by atoms with E-state index >= 15 is 0 Å². The van der Waals surface area contributed by atoms with Gasteiger partial charge in [-0.25, -0.2) is 9.69 Å². The normalized spacial score (nSPS) is 18.6. The maximum Gasteiger partial charge on any atom is 0.336 e. The summed E-state index contributed by atoms with van der Waals surface area (Å²) in [6.45, 7) is 6.29. The van der Waals surface area contributed by atoms with E-state index in [2.05, 4.69) is 20.8 Å². The van der Waals surface area contributed by atoms with Crippen LogP contribution in [0.1, 0.15) is 27.2 Å². The maximum absolute atomic E-state index is 13.3. The van der Waals surface area contributed by atoms with Crippen LogP contribution in [-0.2, 0) is 4.79 Å². The van der Waals surface area contributed by atoms with Crippen molar-refractivity contribution in [1.82, 2.24) is 0 Å². The van der Waals surface area contributed by atoms with Crippen molar-refractivity contribution in [3.05, 3.63) is 60.7 Å². The first-order valence-corrected chi connectivity index (χ1v) is 9.19. The maximum atomic E-state index is 13.3. The molecule has 1 fully saturated rings. The Morgan fingerprint density at radius 3 is 1.92 bits per heavy atom. The van der Waals surface area contributed by atoms with Gasteiger partial charge in [0.2, 0.25) is 5.91 Å². The van der Waals surface area contributed by atoms with Gasteiger partial charge >= 0.3 is 6.03 Å². The molecule has 5 heteroatoms. The first kappa shape index (κ1) is 17.5. The van der Waals surface area contributed by atoms with Crippen LogP contribution in [0.5, 0.6) is 0 Å². The number of carbonyl (C=O) groups is 2. The zero-order valence-electron chi connectivity index (χ0n) is 14.7. The summed E-state index contributed by atoms with van der Waals surface area (Å²) >= 11 is 1.64. The highest BCUT2D eigenvalue weighted by molar-refractivity contribution is 8.01. The Labute approximate surface area is 152 Å². The fourth-order valence-corrected chi connectivity index (χ4v) is 4.23. The summed E-state index contributed by atoms with van der Waals surface area (Å²) in [6, 6.07) is 18.4. The van der Waals surface area contributed by atoms with Crippen LogP contribution < -0.4 is 9.80 Å². The van der Waals surface area contributed by atoms with Gasteiger partial charge in [-0.3, -0.25) is 9.69 Å². The summed E-state index contributed by atoms with van der Waals surface area (Å²) in [6.07, 6.45) is 0.289. The number of benzene rings is 2. The van der Waals surface area contributed by atoms with Crippen LogP contribution in [0, 0.1) is 0 Å². The Morgan fingerprint density at radius 1 is 0.880 bits per heavy atom. The second kappa shape index (κ2) is 6.92. The molecule has 1 heterocycles. The van der Waals surface area contributed by atoms with Crippen molar-refractivity contribution in [3.63, 3.8) is 0 Å². The third-order valence-electron chi connectivity index (χ3n) is 3.82. The first-order valence-electron chi connectivity index (χ1n) is 8.31. The molecule has 1 saturated heterocycles. The molecule has 1 unspecified atom stereocenters. The molecule has 0 N–H and O–H groups in total. The van der Waals surface area contributed by atoms with Crippen molar-refractivity contribution in [2.45, 2.75) is 37.3 Å². The smallest absolute Gasteiger partial charge is 0.281 e. The first-order chi connectivity index (χ1) is 11.9. The third-order valence-corrected chi connectivity index (χ3v) is 5.18. The van der Waals surface area contributed by atoms with Crippen LogP contribution in [-0.4, -0.2) is 22.1 Å². The third kappa shape index (κ3) is 3.87. The summed E-state index contributed by atoms with van der Waals surface area (Å²) in [5.74, 6) is -0.162. The molecule has 1 aliphatic heterocycles. The van der Waals surface area contributed by atoms with Crippen LogP contribution in [0.25, 0.3) is 0 Å². The standard InChI is InChI=1S/C20H22N2O2S/c1-20(2,3)25-18-14-17(23)21(15-10-6-4-7-11-15)19(24)22(18)16-12-8-5-9-13-16/h4-13,18H,14H2,1-3H3. The molecule has 0 aromatic heterocycles. The Kier molecular flexibility index (Phi) is 4.86. The fourth-order valence-electron chi connectivity index (χ4n) is 2.87. The second-order valence-corrected chi connectivity index (χ2v) is 8.95. The summed E-state index contributed by atoms with van der Waals surface area (Å²) < 4.78 is -0.0623. The van der Waals surface area contributed by atoms with Gasteiger partial charge in [-0.15, -0.1) is 11.8 Å². The van der Waals surface area contributed by atoms with Crippen molar-refractivity contribution in [1.29, 1.82) is 0 Å². The van der Waals surface area contributed by atoms with Gasteiger partial charge in [0.15, 0.2) is 0 Å². The van der Waals surface area contributed by atoms with Gasteiger partial charge in [-0.2, -0.15) is 0 Å². The molecular weight excluding hydrogens is 332 g/mol. The molecule has 25 heavy (non-hydrogen) atoms. The lowest BCUT2D eigenvalue weighted by Crippen LogP contribution is -2.57. The Bertz CT molecular complexity index is 756. The molecule has 0 radical (unpaired) electrons. The number of amides is 3. The molecule has 1 aliphatic rings. The number of hydrogen-bond acceptors (Lipinski definition) is 3. The van der Waals surface area contributed by atoms with Crippen LogP contribution in [0.15, 0.2) is 60.7 Å². The van der Waals surface area contributed by atoms with Crippen molar-refractivity contribution in [2.75, 3.05) is 9.80 Å². The highest BCUT2D eigenvalue weighted by Gasteiger charge is 2.42. The van der Waals surface area contributed by atoms with Gasteiger partial charge in [0.1, 0.15) is 0 Å². The largest absolute Gasteiger partial charge is 0.336 e. The summed E-state index contributed by atoms with van der Waals surface area (Å²) in [5.41, 5.74) is 1.42. The zero-order chi connectivity index (χ0) is 18.0. The predicted octanol–water partition coefficient (Wildman–Crippen LogP) is 4.91. The minimum atomic E-state index is -0.296. The Morgan fingerprint density at radius 2 is 1.40 bits per heavy atom. The highest BCUT2D eigenvalue weighted by Crippen LogP contribution is 2.38. The number of hydrogen-bond donors (Lipinski definition) is 0. The van der Waals surface area contributed by atoms with E-state index in [4.69, 9.17) is 0 Å². The van der Waals surface area contributed by atoms with E-state index in [9.17, 15) is 9.59 Å². The molecule has 1 atom stereocenters. The Hall–Kier alpha value is -2.27. The van der Waals surface area contributed by atoms with Crippen LogP contribution in [0.4, 0.5) is 16.2 Å². The molecule has 2 aromatic carbocycles. The molecule has 3 amide bonds. The van der Waals surface area contributed by atoms with Crippen molar-refractivity contribution < 1.29 is 9.59 Å². The summed E-state index contributed by atoms with van der Waals surface area (Å²) in [5, 5.41) is -0.220. The monoisotopic (exact) mass is 354 g/mol. The van der Waals surface area contributed by atoms with E-state index in [1.54, 1.807) is 28.8 Å². The van der Waals surface area contributed by atoms with E-state index in [0.29, 0.717) is 5.69 Å². The molecule has 3 rings (SSSR count). The molecule has 0 spiro atoms. The second-order valence-electron chi connectivity index (χ2n) is 6.94. The minimum absolute atomic E-state index is 0.0623. The summed E-state index contributed by atoms with van der Waals surface area (Å²) in [4.78, 5) is 29.0. The van der Waals surface area contributed by atoms with Gasteiger partial charge < -0.3 is 0 Å². The molecule has 130 valence electrons. The van der Waals surface area contributed by atoms with Crippen molar-refractivity contribution in [3.8, 4) is 0 Å². The number of thioether (sulfide) groups is 1. The average Bonchev–Trinajstić information content (AvgIpc) is 2.55. The van der Waals surface area contributed by atoms with E-state index in [0.717, 1.165) is 5.69 Å². The fraction of sp³-hybridized carbons (Fsp3) is 0.300. The number of nitrogens with zero attached hydrogens (tertiary/aromatic N) is 2. The number of urea groups is 1. The number of carbonyl (C=O) groups excluding carboxylic acids is 2. The van der Waals surface area contributed by atoms with Gasteiger partial charge in [0.05, 0.1) is 17.5 Å². The van der Waals surface area contributed by atoms with Crippen LogP contribution in [0.3, 0.4) is 0 Å². The predicted molar refractivity (Wildman–Crippen MR) is 104 cm³/mol. The van der Waals surface area contributed by atoms with E-state index in [1.165, 1.54) is 4.90 Å². The topological polar surface area (TPSA) is 40.6 Å². The SMILES string of the molecule is CC(C)(C)SC1CC(=O)N(c2ccccc2)C(=O)N1c1ccccc1. The van der Waals surface area contributed by atoms with Gasteiger partial charge in [-0.05, 0) is 24.3 Å².